The molecular formula is C27H27FN4O4S. The van der Waals surface area contributed by atoms with Crippen molar-refractivity contribution >= 4 is 34.0 Å². The quantitative estimate of drug-likeness (QED) is 0.253. The molecule has 1 aromatic carbocycles. The highest BCUT2D eigenvalue weighted by molar-refractivity contribution is 7.20. The zero-order chi connectivity index (χ0) is 26.9. The van der Waals surface area contributed by atoms with Crippen LogP contribution in [0.1, 0.15) is 57.3 Å². The van der Waals surface area contributed by atoms with E-state index in [0.29, 0.717) is 27.0 Å². The molecule has 0 aliphatic carbocycles. The van der Waals surface area contributed by atoms with E-state index in [-0.39, 0.29) is 23.4 Å². The molecule has 0 aliphatic heterocycles. The van der Waals surface area contributed by atoms with E-state index >= 15 is 0 Å². The number of nitrogens with two attached hydrogens (primary N) is 1. The maximum absolute atomic E-state index is 14.9. The Labute approximate surface area is 217 Å². The van der Waals surface area contributed by atoms with Gasteiger partial charge in [0.1, 0.15) is 33.9 Å². The summed E-state index contributed by atoms with van der Waals surface area (Å²) in [7, 11) is 0. The van der Waals surface area contributed by atoms with Crippen LogP contribution in [0.15, 0.2) is 52.9 Å². The summed E-state index contributed by atoms with van der Waals surface area (Å²) in [6.07, 6.45) is 0. The number of hydrogen-bond donors (Lipinski definition) is 4. The normalized spacial score (nSPS) is 11.4. The highest BCUT2D eigenvalue weighted by Gasteiger charge is 2.21. The highest BCUT2D eigenvalue weighted by atomic mass is 32.1. The Kier molecular flexibility index (Phi) is 7.15. The van der Waals surface area contributed by atoms with E-state index in [0.717, 1.165) is 22.7 Å². The molecule has 0 spiro atoms. The van der Waals surface area contributed by atoms with Crippen molar-refractivity contribution in [1.82, 2.24) is 10.3 Å². The Hall–Kier alpha value is -4.02. The maximum Gasteiger partial charge on any atom is 0.270 e. The number of benzene rings is 1. The molecule has 4 rings (SSSR count). The van der Waals surface area contributed by atoms with Crippen LogP contribution in [0.4, 0.5) is 15.2 Å². The fourth-order valence-corrected chi connectivity index (χ4v) is 4.86. The van der Waals surface area contributed by atoms with Gasteiger partial charge in [0.05, 0.1) is 17.7 Å². The van der Waals surface area contributed by atoms with Crippen LogP contribution in [-0.2, 0) is 12.1 Å². The summed E-state index contributed by atoms with van der Waals surface area (Å²) >= 11 is 1.12. The molecule has 3 heterocycles. The van der Waals surface area contributed by atoms with Crippen molar-refractivity contribution in [3.63, 3.8) is 0 Å². The largest absolute Gasteiger partial charge is 0.464 e. The SMILES string of the molecule is Cc1cc(C)c(CNC(=O)c2cccc(Nc3sc(-c4ccc(C(C)(C)O)cc4F)cc3C(N)=O)n2)o1. The second-order valence-electron chi connectivity index (χ2n) is 9.15. The van der Waals surface area contributed by atoms with Crippen LogP contribution in [0, 0.1) is 19.7 Å². The number of furan rings is 1. The van der Waals surface area contributed by atoms with Gasteiger partial charge in [0.15, 0.2) is 0 Å². The molecule has 37 heavy (non-hydrogen) atoms. The lowest BCUT2D eigenvalue weighted by Crippen LogP contribution is -2.24. The van der Waals surface area contributed by atoms with Gasteiger partial charge in [-0.3, -0.25) is 9.59 Å². The van der Waals surface area contributed by atoms with Gasteiger partial charge in [-0.05, 0) is 69.2 Å². The third-order valence-electron chi connectivity index (χ3n) is 5.72. The van der Waals surface area contributed by atoms with Crippen LogP contribution in [0.2, 0.25) is 0 Å². The van der Waals surface area contributed by atoms with E-state index in [4.69, 9.17) is 10.2 Å². The van der Waals surface area contributed by atoms with Crippen molar-refractivity contribution in [1.29, 1.82) is 0 Å². The van der Waals surface area contributed by atoms with Crippen molar-refractivity contribution in [2.75, 3.05) is 5.32 Å². The molecule has 0 radical (unpaired) electrons. The van der Waals surface area contributed by atoms with E-state index in [2.05, 4.69) is 15.6 Å². The molecule has 0 saturated carbocycles. The summed E-state index contributed by atoms with van der Waals surface area (Å²) in [6.45, 7) is 7.10. The van der Waals surface area contributed by atoms with Gasteiger partial charge in [-0.1, -0.05) is 18.2 Å². The zero-order valence-electron chi connectivity index (χ0n) is 20.8. The number of carbonyl (C=O) groups is 2. The van der Waals surface area contributed by atoms with Crippen molar-refractivity contribution < 1.29 is 23.5 Å². The fraction of sp³-hybridized carbons (Fsp3) is 0.222. The third kappa shape index (κ3) is 5.87. The Morgan fingerprint density at radius 3 is 2.54 bits per heavy atom. The number of aliphatic hydroxyl groups is 1. The first-order valence-electron chi connectivity index (χ1n) is 11.5. The second-order valence-corrected chi connectivity index (χ2v) is 10.2. The number of carbonyl (C=O) groups excluding carboxylic acids is 2. The van der Waals surface area contributed by atoms with Crippen molar-refractivity contribution in [2.45, 2.75) is 39.8 Å². The summed E-state index contributed by atoms with van der Waals surface area (Å²) < 4.78 is 20.5. The van der Waals surface area contributed by atoms with Crippen LogP contribution in [0.25, 0.3) is 10.4 Å². The molecule has 5 N–H and O–H groups in total. The van der Waals surface area contributed by atoms with E-state index in [9.17, 15) is 19.1 Å². The lowest BCUT2D eigenvalue weighted by molar-refractivity contribution is 0.0782. The van der Waals surface area contributed by atoms with Crippen LogP contribution >= 0.6 is 11.3 Å². The summed E-state index contributed by atoms with van der Waals surface area (Å²) in [5.74, 6) is 0.109. The lowest BCUT2D eigenvalue weighted by atomic mass is 9.96. The molecule has 10 heteroatoms. The molecule has 8 nitrogen and oxygen atoms in total. The number of primary amides is 1. The molecule has 0 unspecified atom stereocenters. The number of rotatable bonds is 8. The Balaban J connectivity index is 1.56. The predicted octanol–water partition coefficient (Wildman–Crippen LogP) is 5.16. The minimum atomic E-state index is -1.20. The summed E-state index contributed by atoms with van der Waals surface area (Å²) in [5, 5.41) is 16.3. The molecule has 2 amide bonds. The fourth-order valence-electron chi connectivity index (χ4n) is 3.76. The smallest absolute Gasteiger partial charge is 0.270 e. The topological polar surface area (TPSA) is 130 Å². The highest BCUT2D eigenvalue weighted by Crippen LogP contribution is 2.38. The number of hydrogen-bond acceptors (Lipinski definition) is 7. The zero-order valence-corrected chi connectivity index (χ0v) is 21.6. The van der Waals surface area contributed by atoms with Crippen molar-refractivity contribution in [3.05, 3.63) is 88.3 Å². The van der Waals surface area contributed by atoms with Gasteiger partial charge in [-0.2, -0.15) is 0 Å². The average Bonchev–Trinajstić information content (AvgIpc) is 3.39. The predicted molar refractivity (Wildman–Crippen MR) is 140 cm³/mol. The molecule has 0 atom stereocenters. The van der Waals surface area contributed by atoms with Crippen molar-refractivity contribution in [2.24, 2.45) is 5.73 Å². The molecule has 192 valence electrons. The molecule has 0 saturated heterocycles. The third-order valence-corrected chi connectivity index (χ3v) is 6.80. The summed E-state index contributed by atoms with van der Waals surface area (Å²) in [6, 6.07) is 12.7. The molecule has 0 bridgehead atoms. The van der Waals surface area contributed by atoms with E-state index in [1.165, 1.54) is 12.1 Å². The van der Waals surface area contributed by atoms with Gasteiger partial charge in [-0.25, -0.2) is 9.37 Å². The number of nitrogens with zero attached hydrogens (tertiary/aromatic N) is 1. The van der Waals surface area contributed by atoms with Crippen molar-refractivity contribution in [3.8, 4) is 10.4 Å². The first kappa shape index (κ1) is 26.1. The number of pyridine rings is 1. The number of aryl methyl sites for hydroxylation is 2. The molecule has 4 aromatic rings. The summed E-state index contributed by atoms with van der Waals surface area (Å²) in [4.78, 5) is 29.6. The molecule has 3 aromatic heterocycles. The van der Waals surface area contributed by atoms with E-state index in [1.54, 1.807) is 44.2 Å². The number of aromatic nitrogens is 1. The van der Waals surface area contributed by atoms with Crippen LogP contribution in [-0.4, -0.2) is 21.9 Å². The van der Waals surface area contributed by atoms with Gasteiger partial charge < -0.3 is 25.9 Å². The van der Waals surface area contributed by atoms with Crippen LogP contribution < -0.4 is 16.4 Å². The van der Waals surface area contributed by atoms with Gasteiger partial charge >= 0.3 is 0 Å². The maximum atomic E-state index is 14.9. The van der Waals surface area contributed by atoms with Gasteiger partial charge in [-0.15, -0.1) is 11.3 Å². The number of anilines is 2. The number of halogens is 1. The number of nitrogens with one attached hydrogen (secondary N) is 2. The molecule has 0 fully saturated rings. The first-order valence-corrected chi connectivity index (χ1v) is 12.3. The van der Waals surface area contributed by atoms with Gasteiger partial charge in [0.25, 0.3) is 11.8 Å². The average molecular weight is 523 g/mol. The minimum Gasteiger partial charge on any atom is -0.464 e. The Bertz CT molecular complexity index is 1490. The number of amides is 2. The molecule has 0 aliphatic rings. The number of thiophene rings is 1. The monoisotopic (exact) mass is 522 g/mol. The van der Waals surface area contributed by atoms with Crippen LogP contribution in [0.3, 0.4) is 0 Å². The Morgan fingerprint density at radius 1 is 1.16 bits per heavy atom. The minimum absolute atomic E-state index is 0.159. The van der Waals surface area contributed by atoms with Gasteiger partial charge in [0, 0.05) is 10.4 Å². The summed E-state index contributed by atoms with van der Waals surface area (Å²) in [5.41, 5.74) is 6.33. The van der Waals surface area contributed by atoms with E-state index < -0.39 is 23.2 Å². The van der Waals surface area contributed by atoms with Crippen LogP contribution in [0.5, 0.6) is 0 Å². The molecular weight excluding hydrogens is 495 g/mol. The van der Waals surface area contributed by atoms with E-state index in [1.807, 2.05) is 19.9 Å². The van der Waals surface area contributed by atoms with Gasteiger partial charge in [0.2, 0.25) is 0 Å². The lowest BCUT2D eigenvalue weighted by Gasteiger charge is -2.18. The second kappa shape index (κ2) is 10.2. The first-order chi connectivity index (χ1) is 17.4. The Morgan fingerprint density at radius 2 is 1.92 bits per heavy atom. The standard InChI is InChI=1S/C27H27FN4O4S/c1-14-10-15(2)36-21(14)13-30-25(34)20-6-5-7-23(31-20)32-26-18(24(29)33)12-22(37-26)17-9-8-16(11-19(17)28)27(3,4)35/h5-12,35H,13H2,1-4H3,(H2,29,33)(H,30,34)(H,31,32).